The molecular formula is C23H26N4O5S3. The first-order chi connectivity index (χ1) is 16.6. The van der Waals surface area contributed by atoms with Crippen LogP contribution in [0.4, 0.5) is 11.4 Å². The monoisotopic (exact) mass is 534 g/mol. The number of sulfonamides is 1. The Bertz CT molecular complexity index is 1210. The number of isothiocyanates is 1. The molecule has 0 saturated carbocycles. The number of hydrogen-bond acceptors (Lipinski definition) is 8. The summed E-state index contributed by atoms with van der Waals surface area (Å²) in [6, 6.07) is 11.5. The van der Waals surface area contributed by atoms with Crippen LogP contribution in [0.2, 0.25) is 0 Å². The van der Waals surface area contributed by atoms with Gasteiger partial charge in [0.1, 0.15) is 6.04 Å². The Morgan fingerprint density at radius 3 is 2.23 bits per heavy atom. The molecule has 186 valence electrons. The van der Waals surface area contributed by atoms with Crippen LogP contribution in [-0.2, 0) is 24.4 Å². The Morgan fingerprint density at radius 2 is 1.66 bits per heavy atom. The summed E-state index contributed by atoms with van der Waals surface area (Å²) in [7, 11) is -4.10. The minimum atomic E-state index is -4.10. The van der Waals surface area contributed by atoms with Crippen molar-refractivity contribution in [3.63, 3.8) is 0 Å². The summed E-state index contributed by atoms with van der Waals surface area (Å²) < 4.78 is 28.1. The summed E-state index contributed by atoms with van der Waals surface area (Å²) in [5.74, 6) is -0.893. The molecule has 0 aliphatic carbocycles. The molecule has 0 aliphatic heterocycles. The fourth-order valence-electron chi connectivity index (χ4n) is 2.98. The highest BCUT2D eigenvalue weighted by atomic mass is 32.2. The van der Waals surface area contributed by atoms with Gasteiger partial charge in [0.2, 0.25) is 11.8 Å². The Hall–Kier alpha value is -3.05. The van der Waals surface area contributed by atoms with Gasteiger partial charge in [-0.15, -0.1) is 0 Å². The van der Waals surface area contributed by atoms with E-state index in [2.05, 4.69) is 33.0 Å². The maximum atomic E-state index is 13.6. The first-order valence-electron chi connectivity index (χ1n) is 10.5. The number of carbonyl (C=O) groups excluding carboxylic acids is 3. The van der Waals surface area contributed by atoms with Gasteiger partial charge in [-0.3, -0.25) is 18.7 Å². The van der Waals surface area contributed by atoms with Crippen LogP contribution in [0.3, 0.4) is 0 Å². The van der Waals surface area contributed by atoms with Gasteiger partial charge in [0, 0.05) is 20.0 Å². The highest BCUT2D eigenvalue weighted by Crippen LogP contribution is 2.28. The topological polar surface area (TPSA) is 125 Å². The molecule has 2 aromatic rings. The summed E-state index contributed by atoms with van der Waals surface area (Å²) in [5, 5.41) is 7.31. The van der Waals surface area contributed by atoms with Crippen molar-refractivity contribution >= 4 is 67.5 Å². The van der Waals surface area contributed by atoms with Gasteiger partial charge in [-0.05, 0) is 62.5 Å². The van der Waals surface area contributed by atoms with Crippen molar-refractivity contribution in [3.8, 4) is 0 Å². The smallest absolute Gasteiger partial charge is 0.265 e. The molecule has 0 aliphatic rings. The number of benzene rings is 2. The third-order valence-electron chi connectivity index (χ3n) is 4.74. The minimum absolute atomic E-state index is 0.00841. The van der Waals surface area contributed by atoms with Crippen molar-refractivity contribution in [1.29, 1.82) is 0 Å². The van der Waals surface area contributed by atoms with Crippen molar-refractivity contribution in [3.05, 3.63) is 54.1 Å². The van der Waals surface area contributed by atoms with Crippen LogP contribution in [0, 0.1) is 6.92 Å². The zero-order chi connectivity index (χ0) is 26.0. The summed E-state index contributed by atoms with van der Waals surface area (Å²) >= 11 is 5.49. The number of thioether (sulfide) groups is 1. The molecule has 0 fully saturated rings. The average molecular weight is 535 g/mol. The molecule has 0 spiro atoms. The molecule has 0 unspecified atom stereocenters. The van der Waals surface area contributed by atoms with E-state index in [4.69, 9.17) is 0 Å². The van der Waals surface area contributed by atoms with Gasteiger partial charge < -0.3 is 10.6 Å². The van der Waals surface area contributed by atoms with Crippen molar-refractivity contribution in [2.45, 2.75) is 31.7 Å². The molecule has 2 N–H and O–H groups in total. The van der Waals surface area contributed by atoms with E-state index in [1.165, 1.54) is 38.1 Å². The van der Waals surface area contributed by atoms with Crippen LogP contribution in [0.15, 0.2) is 58.4 Å². The second-order valence-corrected chi connectivity index (χ2v) is 10.6. The third-order valence-corrected chi connectivity index (χ3v) is 7.56. The van der Waals surface area contributed by atoms with Crippen LogP contribution in [-0.4, -0.2) is 55.4 Å². The molecule has 2 amide bonds. The van der Waals surface area contributed by atoms with Gasteiger partial charge in [-0.2, -0.15) is 4.99 Å². The van der Waals surface area contributed by atoms with Crippen molar-refractivity contribution in [1.82, 2.24) is 10.6 Å². The van der Waals surface area contributed by atoms with Crippen molar-refractivity contribution in [2.75, 3.05) is 23.1 Å². The number of aryl methyl sites for hydroxylation is 1. The number of rotatable bonds is 11. The van der Waals surface area contributed by atoms with Gasteiger partial charge in [-0.25, -0.2) is 8.42 Å². The standard InChI is InChI=1S/C23H26N4O5S3/c1-16-4-10-21(11-5-16)35(31,32)27(20-8-6-19(7-9-20)26-15-33)17(2)23(30)25-13-12-24-22(29)14-34-18(3)28/h4-11,17H,12-14H2,1-3H3,(H,24,29)(H,25,30)/t17-/m0/s1. The normalized spacial score (nSPS) is 11.6. The van der Waals surface area contributed by atoms with Crippen LogP contribution >= 0.6 is 24.0 Å². The Balaban J connectivity index is 2.21. The minimum Gasteiger partial charge on any atom is -0.354 e. The van der Waals surface area contributed by atoms with Gasteiger partial charge >= 0.3 is 0 Å². The Morgan fingerprint density at radius 1 is 1.06 bits per heavy atom. The van der Waals surface area contributed by atoms with Gasteiger partial charge in [0.25, 0.3) is 10.0 Å². The lowest BCUT2D eigenvalue weighted by molar-refractivity contribution is -0.122. The predicted octanol–water partition coefficient (Wildman–Crippen LogP) is 2.83. The number of thiocarbonyl (C=S) groups is 1. The fourth-order valence-corrected chi connectivity index (χ4v) is 5.14. The maximum Gasteiger partial charge on any atom is 0.265 e. The lowest BCUT2D eigenvalue weighted by Gasteiger charge is -2.30. The zero-order valence-corrected chi connectivity index (χ0v) is 21.9. The molecule has 0 bridgehead atoms. The molecule has 0 heterocycles. The molecule has 9 nitrogen and oxygen atoms in total. The lowest BCUT2D eigenvalue weighted by Crippen LogP contribution is -2.49. The fraction of sp³-hybridized carbons (Fsp3) is 0.304. The van der Waals surface area contributed by atoms with Crippen LogP contribution in [0.25, 0.3) is 0 Å². The number of aliphatic imine (C=N–C) groups is 1. The highest BCUT2D eigenvalue weighted by Gasteiger charge is 2.33. The first kappa shape index (κ1) is 28.2. The number of carbonyl (C=O) groups is 3. The van der Waals surface area contributed by atoms with E-state index >= 15 is 0 Å². The molecule has 0 saturated heterocycles. The van der Waals surface area contributed by atoms with Gasteiger partial charge in [-0.1, -0.05) is 29.5 Å². The molecule has 0 radical (unpaired) electrons. The number of nitrogens with one attached hydrogen (secondary N) is 2. The van der Waals surface area contributed by atoms with E-state index in [0.29, 0.717) is 5.69 Å². The predicted molar refractivity (Wildman–Crippen MR) is 141 cm³/mol. The molecule has 0 aromatic heterocycles. The van der Waals surface area contributed by atoms with E-state index in [1.807, 2.05) is 6.92 Å². The summed E-state index contributed by atoms with van der Waals surface area (Å²) in [4.78, 5) is 39.4. The van der Waals surface area contributed by atoms with Gasteiger partial charge in [0.15, 0.2) is 5.12 Å². The molecule has 1 atom stereocenters. The summed E-state index contributed by atoms with van der Waals surface area (Å²) in [5.41, 5.74) is 1.66. The highest BCUT2D eigenvalue weighted by molar-refractivity contribution is 8.14. The number of amides is 2. The SMILES string of the molecule is CC(=O)SCC(=O)NCCNC(=O)[C@H](C)N(c1ccc(N=C=S)cc1)S(=O)(=O)c1ccc(C)cc1. The van der Waals surface area contributed by atoms with E-state index in [1.54, 1.807) is 24.3 Å². The largest absolute Gasteiger partial charge is 0.354 e. The maximum absolute atomic E-state index is 13.6. The first-order valence-corrected chi connectivity index (χ1v) is 13.4. The Labute approximate surface area is 214 Å². The lowest BCUT2D eigenvalue weighted by atomic mass is 10.2. The van der Waals surface area contributed by atoms with Crippen LogP contribution < -0.4 is 14.9 Å². The van der Waals surface area contributed by atoms with Crippen LogP contribution in [0.5, 0.6) is 0 Å². The van der Waals surface area contributed by atoms with Crippen molar-refractivity contribution < 1.29 is 22.8 Å². The number of hydrogen-bond donors (Lipinski definition) is 2. The third kappa shape index (κ3) is 8.29. The average Bonchev–Trinajstić information content (AvgIpc) is 2.81. The number of anilines is 1. The van der Waals surface area contributed by atoms with E-state index < -0.39 is 22.0 Å². The van der Waals surface area contributed by atoms with E-state index in [-0.39, 0.29) is 40.4 Å². The van der Waals surface area contributed by atoms with E-state index in [9.17, 15) is 22.8 Å². The van der Waals surface area contributed by atoms with Crippen LogP contribution in [0.1, 0.15) is 19.4 Å². The zero-order valence-electron chi connectivity index (χ0n) is 19.5. The quantitative estimate of drug-likeness (QED) is 0.258. The Kier molecular flexibility index (Phi) is 10.6. The molecule has 35 heavy (non-hydrogen) atoms. The summed E-state index contributed by atoms with van der Waals surface area (Å²) in [6.45, 7) is 4.91. The number of nitrogens with zero attached hydrogens (tertiary/aromatic N) is 2. The second-order valence-electron chi connectivity index (χ2n) is 7.43. The summed E-state index contributed by atoms with van der Waals surface area (Å²) in [6.07, 6.45) is 0. The molecule has 2 aromatic carbocycles. The molecule has 2 rings (SSSR count). The molecule has 12 heteroatoms. The second kappa shape index (κ2) is 13.1. The van der Waals surface area contributed by atoms with Gasteiger partial charge in [0.05, 0.1) is 27.2 Å². The molecular weight excluding hydrogens is 508 g/mol. The van der Waals surface area contributed by atoms with Crippen molar-refractivity contribution in [2.24, 2.45) is 4.99 Å². The van der Waals surface area contributed by atoms with E-state index in [0.717, 1.165) is 21.6 Å².